The second kappa shape index (κ2) is 7.00. The first-order chi connectivity index (χ1) is 13.2. The number of ether oxygens (including phenoxy) is 1. The summed E-state index contributed by atoms with van der Waals surface area (Å²) < 4.78 is 11.7. The Bertz CT molecular complexity index is 1100. The van der Waals surface area contributed by atoms with Crippen molar-refractivity contribution in [3.8, 4) is 11.4 Å². The van der Waals surface area contributed by atoms with Crippen LogP contribution in [0.25, 0.3) is 17.0 Å². The molecule has 1 N–H and O–H groups in total. The summed E-state index contributed by atoms with van der Waals surface area (Å²) in [6.45, 7) is 2.41. The summed E-state index contributed by atoms with van der Waals surface area (Å²) in [6, 6.07) is 9.38. The van der Waals surface area contributed by atoms with Crippen LogP contribution in [-0.4, -0.2) is 32.5 Å². The zero-order chi connectivity index (χ0) is 18.8. The highest BCUT2D eigenvalue weighted by atomic mass is 16.5. The van der Waals surface area contributed by atoms with Gasteiger partial charge in [0.25, 0.3) is 5.91 Å². The molecule has 1 amide bonds. The topological polar surface area (TPSA) is 94.6 Å². The summed E-state index contributed by atoms with van der Waals surface area (Å²) in [5, 5.41) is 6.76. The average Bonchev–Trinajstić information content (AvgIpc) is 3.33. The van der Waals surface area contributed by atoms with Crippen LogP contribution < -0.4 is 5.32 Å². The van der Waals surface area contributed by atoms with Gasteiger partial charge in [-0.2, -0.15) is 4.98 Å². The smallest absolute Gasteiger partial charge is 0.274 e. The summed E-state index contributed by atoms with van der Waals surface area (Å²) in [5.74, 6) is 0.210. The van der Waals surface area contributed by atoms with Crippen LogP contribution in [0.4, 0.5) is 5.69 Å². The number of carbonyl (C=O) groups is 1. The summed E-state index contributed by atoms with van der Waals surface area (Å²) in [5.41, 5.74) is 4.48. The van der Waals surface area contributed by atoms with Crippen LogP contribution in [-0.2, 0) is 11.3 Å². The summed E-state index contributed by atoms with van der Waals surface area (Å²) in [4.78, 5) is 21.2. The van der Waals surface area contributed by atoms with Crippen molar-refractivity contribution in [3.05, 3.63) is 65.9 Å². The number of anilines is 1. The Kier molecular flexibility index (Phi) is 4.39. The minimum absolute atomic E-state index is 0.254. The number of nitrogens with one attached hydrogen (secondary N) is 1. The van der Waals surface area contributed by atoms with Crippen LogP contribution in [0.5, 0.6) is 0 Å². The van der Waals surface area contributed by atoms with Gasteiger partial charge in [0.15, 0.2) is 0 Å². The van der Waals surface area contributed by atoms with E-state index in [9.17, 15) is 4.79 Å². The fourth-order valence-corrected chi connectivity index (χ4v) is 2.83. The van der Waals surface area contributed by atoms with E-state index in [0.29, 0.717) is 29.5 Å². The second-order valence-corrected chi connectivity index (χ2v) is 6.08. The van der Waals surface area contributed by atoms with Crippen molar-refractivity contribution in [3.63, 3.8) is 0 Å². The van der Waals surface area contributed by atoms with Gasteiger partial charge in [0.05, 0.1) is 12.8 Å². The van der Waals surface area contributed by atoms with Gasteiger partial charge in [-0.3, -0.25) is 9.20 Å². The Morgan fingerprint density at radius 2 is 2.15 bits per heavy atom. The molecule has 3 heterocycles. The van der Waals surface area contributed by atoms with Crippen LogP contribution in [0.2, 0.25) is 0 Å². The lowest BCUT2D eigenvalue weighted by atomic mass is 10.1. The zero-order valence-corrected chi connectivity index (χ0v) is 14.8. The highest BCUT2D eigenvalue weighted by Gasteiger charge is 2.15. The highest BCUT2D eigenvalue weighted by Crippen LogP contribution is 2.23. The molecule has 0 aliphatic carbocycles. The van der Waals surface area contributed by atoms with E-state index in [0.717, 1.165) is 16.7 Å². The molecule has 0 fully saturated rings. The van der Waals surface area contributed by atoms with Crippen molar-refractivity contribution < 1.29 is 14.1 Å². The van der Waals surface area contributed by atoms with Gasteiger partial charge >= 0.3 is 0 Å². The van der Waals surface area contributed by atoms with Gasteiger partial charge in [-0.05, 0) is 36.2 Å². The minimum atomic E-state index is -0.254. The molecule has 0 aliphatic rings. The largest absolute Gasteiger partial charge is 0.380 e. The molecule has 4 aromatic rings. The molecular formula is C19H17N5O3. The van der Waals surface area contributed by atoms with Gasteiger partial charge in [0.2, 0.25) is 12.2 Å². The van der Waals surface area contributed by atoms with Gasteiger partial charge < -0.3 is 14.6 Å². The highest BCUT2D eigenvalue weighted by molar-refractivity contribution is 6.04. The van der Waals surface area contributed by atoms with Crippen molar-refractivity contribution in [2.24, 2.45) is 0 Å². The number of amides is 1. The molecule has 27 heavy (non-hydrogen) atoms. The van der Waals surface area contributed by atoms with E-state index in [1.807, 2.05) is 43.5 Å². The first-order valence-corrected chi connectivity index (χ1v) is 8.29. The first-order valence-electron chi connectivity index (χ1n) is 8.29. The predicted octanol–water partition coefficient (Wildman–Crippen LogP) is 3.09. The molecule has 8 nitrogen and oxygen atoms in total. The third-order valence-electron chi connectivity index (χ3n) is 4.23. The number of aromatic nitrogens is 4. The summed E-state index contributed by atoms with van der Waals surface area (Å²) >= 11 is 0. The second-order valence-electron chi connectivity index (χ2n) is 6.08. The zero-order valence-electron chi connectivity index (χ0n) is 14.8. The maximum Gasteiger partial charge on any atom is 0.274 e. The number of imidazole rings is 1. The summed E-state index contributed by atoms with van der Waals surface area (Å²) in [7, 11) is 1.64. The molecule has 0 atom stereocenters. The molecule has 136 valence electrons. The third kappa shape index (κ3) is 3.30. The number of nitrogens with zero attached hydrogens (tertiary/aromatic N) is 4. The van der Waals surface area contributed by atoms with Crippen LogP contribution in [0.3, 0.4) is 0 Å². The van der Waals surface area contributed by atoms with Crippen LogP contribution in [0.15, 0.2) is 53.6 Å². The number of methoxy groups -OCH3 is 1. The molecule has 0 radical (unpaired) electrons. The fraction of sp³-hybridized carbons (Fsp3) is 0.158. The quantitative estimate of drug-likeness (QED) is 0.585. The van der Waals surface area contributed by atoms with Gasteiger partial charge in [-0.25, -0.2) is 4.98 Å². The average molecular weight is 363 g/mol. The van der Waals surface area contributed by atoms with Crippen LogP contribution in [0, 0.1) is 6.92 Å². The van der Waals surface area contributed by atoms with E-state index in [-0.39, 0.29) is 5.91 Å². The van der Waals surface area contributed by atoms with E-state index >= 15 is 0 Å². The lowest BCUT2D eigenvalue weighted by molar-refractivity contribution is 0.102. The van der Waals surface area contributed by atoms with Gasteiger partial charge in [-0.15, -0.1) is 0 Å². The number of fused-ring (bicyclic) bond motifs is 1. The van der Waals surface area contributed by atoms with Gasteiger partial charge in [0.1, 0.15) is 11.3 Å². The predicted molar refractivity (Wildman–Crippen MR) is 98.3 cm³/mol. The maximum atomic E-state index is 12.8. The first kappa shape index (κ1) is 16.9. The Hall–Kier alpha value is -3.52. The van der Waals surface area contributed by atoms with Crippen molar-refractivity contribution in [2.75, 3.05) is 12.4 Å². The SMILES string of the molecule is COCc1ccn2c(C(=O)Nc3cc(-c4ncon4)ccc3C)cnc2c1. The molecule has 1 aromatic carbocycles. The van der Waals surface area contributed by atoms with Crippen molar-refractivity contribution >= 4 is 17.2 Å². The lowest BCUT2D eigenvalue weighted by Gasteiger charge is -2.10. The lowest BCUT2D eigenvalue weighted by Crippen LogP contribution is -2.15. The monoisotopic (exact) mass is 363 g/mol. The molecule has 0 saturated heterocycles. The number of hydrogen-bond acceptors (Lipinski definition) is 6. The Morgan fingerprint density at radius 1 is 1.26 bits per heavy atom. The van der Waals surface area contributed by atoms with E-state index in [4.69, 9.17) is 9.26 Å². The number of carbonyl (C=O) groups excluding carboxylic acids is 1. The summed E-state index contributed by atoms with van der Waals surface area (Å²) in [6.07, 6.45) is 4.64. The molecule has 0 bridgehead atoms. The number of pyridine rings is 1. The van der Waals surface area contributed by atoms with E-state index < -0.39 is 0 Å². The van der Waals surface area contributed by atoms with Gasteiger partial charge in [0, 0.05) is 24.6 Å². The molecule has 4 rings (SSSR count). The molecule has 0 spiro atoms. The molecule has 0 aliphatic heterocycles. The van der Waals surface area contributed by atoms with Crippen LogP contribution in [0.1, 0.15) is 21.6 Å². The molecule has 0 unspecified atom stereocenters. The molecule has 3 aromatic heterocycles. The molecular weight excluding hydrogens is 346 g/mol. The van der Waals surface area contributed by atoms with Gasteiger partial charge in [-0.1, -0.05) is 17.3 Å². The third-order valence-corrected chi connectivity index (χ3v) is 4.23. The number of aryl methyl sites for hydroxylation is 1. The number of rotatable bonds is 5. The maximum absolute atomic E-state index is 12.8. The van der Waals surface area contributed by atoms with Crippen LogP contribution >= 0.6 is 0 Å². The van der Waals surface area contributed by atoms with Crippen molar-refractivity contribution in [2.45, 2.75) is 13.5 Å². The standard InChI is InChI=1S/C19H17N5O3/c1-12-3-4-14(18-21-11-27-23-18)8-15(12)22-19(25)16-9-20-17-7-13(10-26-2)5-6-24(16)17/h3-9,11H,10H2,1-2H3,(H,22,25). The fourth-order valence-electron chi connectivity index (χ4n) is 2.83. The minimum Gasteiger partial charge on any atom is -0.380 e. The number of benzene rings is 1. The van der Waals surface area contributed by atoms with E-state index in [1.165, 1.54) is 6.39 Å². The Morgan fingerprint density at radius 3 is 2.93 bits per heavy atom. The van der Waals surface area contributed by atoms with E-state index in [2.05, 4.69) is 20.4 Å². The molecule has 0 saturated carbocycles. The Labute approximate surface area is 154 Å². The Balaban J connectivity index is 1.63. The normalized spacial score (nSPS) is 11.0. The van der Waals surface area contributed by atoms with Crippen molar-refractivity contribution in [1.29, 1.82) is 0 Å². The number of hydrogen-bond donors (Lipinski definition) is 1. The van der Waals surface area contributed by atoms with Crippen molar-refractivity contribution in [1.82, 2.24) is 19.5 Å². The molecule has 8 heteroatoms. The van der Waals surface area contributed by atoms with E-state index in [1.54, 1.807) is 17.7 Å².